The number of rotatable bonds is 0. The van der Waals surface area contributed by atoms with Crippen LogP contribution in [0.4, 0.5) is 0 Å². The van der Waals surface area contributed by atoms with Crippen LogP contribution in [0.25, 0.3) is 0 Å². The third-order valence-corrected chi connectivity index (χ3v) is 1.13. The molecule has 0 saturated carbocycles. The topological polar surface area (TPSA) is 40.1 Å². The standard InChI is InChI=1S/C5H5.CH2O2.Fe/c1-2-4-5-3-1;2-1-3;/h1-3H,4H2;1H,(H,2,3);/q;;+1/p-1. The van der Waals surface area contributed by atoms with Gasteiger partial charge >= 0.3 is 45.1 Å². The summed E-state index contributed by atoms with van der Waals surface area (Å²) in [6.07, 6.45) is 7.21. The molecule has 50 valence electrons. The van der Waals surface area contributed by atoms with E-state index in [-0.39, 0.29) is 0 Å². The number of hydrogen-bond acceptors (Lipinski definition) is 2. The van der Waals surface area contributed by atoms with E-state index in [2.05, 4.69) is 22.1 Å². The van der Waals surface area contributed by atoms with Crippen LogP contribution in [0.2, 0.25) is 0 Å². The van der Waals surface area contributed by atoms with Gasteiger partial charge in [-0.15, -0.1) is 0 Å². The number of hydrogen-bond donors (Lipinski definition) is 0. The van der Waals surface area contributed by atoms with Crippen LogP contribution in [-0.2, 0) is 20.8 Å². The van der Waals surface area contributed by atoms with E-state index in [0.717, 1.165) is 6.42 Å². The molecule has 0 fully saturated rings. The maximum absolute atomic E-state index is 8.25. The molecule has 0 bridgehead atoms. The molecule has 0 saturated heterocycles. The molecular formula is C6H6FeO2. The van der Waals surface area contributed by atoms with Gasteiger partial charge in [-0.2, -0.15) is 0 Å². The summed E-state index contributed by atoms with van der Waals surface area (Å²) in [4.78, 5) is 8.25. The molecule has 0 aromatic carbocycles. The summed E-state index contributed by atoms with van der Waals surface area (Å²) in [6.45, 7) is -0.500. The van der Waals surface area contributed by atoms with Crippen LogP contribution < -0.4 is 5.11 Å². The van der Waals surface area contributed by atoms with E-state index in [0.29, 0.717) is 0 Å². The molecule has 1 aliphatic rings. The molecule has 0 atom stereocenters. The Hall–Kier alpha value is -0.531. The van der Waals surface area contributed by atoms with Gasteiger partial charge in [0.2, 0.25) is 0 Å². The summed E-state index contributed by atoms with van der Waals surface area (Å²) in [5.41, 5.74) is 0. The van der Waals surface area contributed by atoms with Crippen molar-refractivity contribution in [1.29, 1.82) is 0 Å². The monoisotopic (exact) mass is 166 g/mol. The van der Waals surface area contributed by atoms with Crippen LogP contribution in [0.1, 0.15) is 6.42 Å². The Bertz CT molecular complexity index is 138. The quantitative estimate of drug-likeness (QED) is 0.367. The third kappa shape index (κ3) is 5.34. The molecule has 0 aromatic heterocycles. The molecule has 0 heterocycles. The van der Waals surface area contributed by atoms with Gasteiger partial charge in [-0.1, -0.05) is 0 Å². The second-order valence-corrected chi connectivity index (χ2v) is 2.04. The zero-order valence-electron chi connectivity index (χ0n) is 4.69. The van der Waals surface area contributed by atoms with Crippen LogP contribution in [0.3, 0.4) is 0 Å². The van der Waals surface area contributed by atoms with Gasteiger partial charge in [0.25, 0.3) is 0 Å². The summed E-state index contributed by atoms with van der Waals surface area (Å²) in [6, 6.07) is 0. The van der Waals surface area contributed by atoms with Crippen molar-refractivity contribution >= 4 is 6.47 Å². The molecule has 3 heteroatoms. The molecular weight excluding hydrogens is 160 g/mol. The van der Waals surface area contributed by atoms with Crippen LogP contribution in [0.5, 0.6) is 0 Å². The zero-order valence-corrected chi connectivity index (χ0v) is 5.79. The van der Waals surface area contributed by atoms with E-state index in [1.165, 1.54) is 4.47 Å². The molecule has 0 aromatic rings. The van der Waals surface area contributed by atoms with E-state index in [9.17, 15) is 0 Å². The van der Waals surface area contributed by atoms with E-state index < -0.39 is 6.47 Å². The second-order valence-electron chi connectivity index (χ2n) is 1.33. The van der Waals surface area contributed by atoms with Crippen molar-refractivity contribution in [2.24, 2.45) is 0 Å². The SMILES string of the molecule is O=C[O-].[Fe+][C]1=CC=CC1. The van der Waals surface area contributed by atoms with Gasteiger partial charge in [0.05, 0.1) is 0 Å². The number of carboxylic acid groups (broad SMARTS) is 1. The van der Waals surface area contributed by atoms with Crippen molar-refractivity contribution < 1.29 is 25.9 Å². The molecule has 1 aliphatic carbocycles. The van der Waals surface area contributed by atoms with Crippen molar-refractivity contribution in [3.63, 3.8) is 0 Å². The van der Waals surface area contributed by atoms with Crippen molar-refractivity contribution in [2.75, 3.05) is 0 Å². The summed E-state index contributed by atoms with van der Waals surface area (Å²) in [5.74, 6) is 0. The number of allylic oxidation sites excluding steroid dienone is 4. The first kappa shape index (κ1) is 8.47. The Labute approximate surface area is 62.1 Å². The van der Waals surface area contributed by atoms with Gasteiger partial charge in [-0.05, 0) is 0 Å². The van der Waals surface area contributed by atoms with Gasteiger partial charge in [0.1, 0.15) is 0 Å². The minimum absolute atomic E-state index is 0.500. The first-order valence-corrected chi connectivity index (χ1v) is 2.92. The second kappa shape index (κ2) is 5.60. The first-order chi connectivity index (χ1) is 4.31. The fourth-order valence-electron chi connectivity index (χ4n) is 0.416. The van der Waals surface area contributed by atoms with E-state index in [4.69, 9.17) is 9.90 Å². The summed E-state index contributed by atoms with van der Waals surface area (Å²) in [7, 11) is 0. The van der Waals surface area contributed by atoms with Crippen LogP contribution in [0, 0.1) is 0 Å². The predicted molar refractivity (Wildman–Crippen MR) is 27.9 cm³/mol. The normalized spacial score (nSPS) is 13.7. The van der Waals surface area contributed by atoms with Gasteiger partial charge in [0, 0.05) is 6.47 Å². The van der Waals surface area contributed by atoms with Crippen LogP contribution in [0.15, 0.2) is 22.7 Å². The van der Waals surface area contributed by atoms with Crippen LogP contribution in [-0.4, -0.2) is 6.47 Å². The fraction of sp³-hybridized carbons (Fsp3) is 0.167. The Morgan fingerprint density at radius 3 is 2.44 bits per heavy atom. The fourth-order valence-corrected chi connectivity index (χ4v) is 0.652. The van der Waals surface area contributed by atoms with Crippen molar-refractivity contribution in [3.8, 4) is 0 Å². The molecule has 0 unspecified atom stereocenters. The number of carbonyl (C=O) groups is 1. The number of carbonyl (C=O) groups excluding carboxylic acids is 1. The molecule has 0 radical (unpaired) electrons. The molecule has 9 heavy (non-hydrogen) atoms. The molecule has 0 spiro atoms. The molecule has 1 rings (SSSR count). The van der Waals surface area contributed by atoms with Gasteiger partial charge < -0.3 is 9.90 Å². The summed E-state index contributed by atoms with van der Waals surface area (Å²) < 4.78 is 1.22. The molecule has 0 aliphatic heterocycles. The Kier molecular flexibility index (Phi) is 5.27. The molecule has 0 N–H and O–H groups in total. The van der Waals surface area contributed by atoms with Gasteiger partial charge in [-0.3, -0.25) is 0 Å². The average molecular weight is 166 g/mol. The van der Waals surface area contributed by atoms with Crippen molar-refractivity contribution in [2.45, 2.75) is 6.42 Å². The van der Waals surface area contributed by atoms with Crippen LogP contribution >= 0.6 is 0 Å². The van der Waals surface area contributed by atoms with Gasteiger partial charge in [0.15, 0.2) is 0 Å². The van der Waals surface area contributed by atoms with Gasteiger partial charge in [-0.25, -0.2) is 0 Å². The third-order valence-electron chi connectivity index (χ3n) is 0.717. The van der Waals surface area contributed by atoms with E-state index >= 15 is 0 Å². The summed E-state index contributed by atoms with van der Waals surface area (Å²) >= 11 is 3.74. The molecule has 2 nitrogen and oxygen atoms in total. The Morgan fingerprint density at radius 2 is 2.33 bits per heavy atom. The Balaban J connectivity index is 0.000000187. The van der Waals surface area contributed by atoms with E-state index in [1.54, 1.807) is 0 Å². The first-order valence-electron chi connectivity index (χ1n) is 2.37. The molecule has 0 amide bonds. The van der Waals surface area contributed by atoms with Crippen molar-refractivity contribution in [1.82, 2.24) is 0 Å². The minimum atomic E-state index is -0.500. The van der Waals surface area contributed by atoms with E-state index in [1.807, 2.05) is 12.2 Å². The Morgan fingerprint density at radius 1 is 1.78 bits per heavy atom. The maximum atomic E-state index is 8.25. The zero-order chi connectivity index (χ0) is 7.11. The van der Waals surface area contributed by atoms with Crippen molar-refractivity contribution in [3.05, 3.63) is 22.7 Å². The summed E-state index contributed by atoms with van der Waals surface area (Å²) in [5, 5.41) is 8.25. The average Bonchev–Trinajstić information content (AvgIpc) is 2.20. The predicted octanol–water partition coefficient (Wildman–Crippen LogP) is -0.257.